The molecule has 0 amide bonds. The van der Waals surface area contributed by atoms with E-state index in [0.717, 1.165) is 19.0 Å². The van der Waals surface area contributed by atoms with E-state index in [2.05, 4.69) is 22.2 Å². The average molecular weight is 247 g/mol. The number of aromatic hydroxyl groups is 1. The first kappa shape index (κ1) is 12.3. The van der Waals surface area contributed by atoms with Crippen molar-refractivity contribution in [2.75, 3.05) is 11.9 Å². The molecule has 2 N–H and O–H groups in total. The van der Waals surface area contributed by atoms with Crippen molar-refractivity contribution in [3.05, 3.63) is 36.3 Å². The summed E-state index contributed by atoms with van der Waals surface area (Å²) in [4.78, 5) is 8.33. The lowest BCUT2D eigenvalue weighted by atomic mass is 10.2. The number of phenols is 1. The fourth-order valence-corrected chi connectivity index (χ4v) is 1.55. The molecule has 0 bridgehead atoms. The van der Waals surface area contributed by atoms with Crippen molar-refractivity contribution in [1.82, 2.24) is 9.97 Å². The molecular formula is C13H14FN3O. The molecule has 5 heteroatoms. The van der Waals surface area contributed by atoms with E-state index in [0.29, 0.717) is 17.2 Å². The summed E-state index contributed by atoms with van der Waals surface area (Å²) < 4.78 is 13.2. The maximum absolute atomic E-state index is 13.2. The van der Waals surface area contributed by atoms with E-state index < -0.39 is 5.82 Å². The molecule has 1 aromatic carbocycles. The third kappa shape index (κ3) is 2.94. The molecule has 0 unspecified atom stereocenters. The molecule has 0 aliphatic heterocycles. The summed E-state index contributed by atoms with van der Waals surface area (Å²) in [6, 6.07) is 5.52. The highest BCUT2D eigenvalue weighted by molar-refractivity contribution is 5.59. The number of phenolic OH excluding ortho intramolecular Hbond substituents is 1. The maximum Gasteiger partial charge on any atom is 0.161 e. The Hall–Kier alpha value is -2.17. The molecule has 0 aliphatic rings. The Morgan fingerprint density at radius 1 is 1.33 bits per heavy atom. The van der Waals surface area contributed by atoms with E-state index in [-0.39, 0.29) is 5.75 Å². The van der Waals surface area contributed by atoms with Gasteiger partial charge in [-0.15, -0.1) is 0 Å². The first-order chi connectivity index (χ1) is 8.69. The molecule has 1 heterocycles. The molecule has 1 aromatic heterocycles. The molecule has 18 heavy (non-hydrogen) atoms. The summed E-state index contributed by atoms with van der Waals surface area (Å²) in [5, 5.41) is 12.5. The van der Waals surface area contributed by atoms with Crippen molar-refractivity contribution >= 4 is 5.82 Å². The molecule has 0 spiro atoms. The van der Waals surface area contributed by atoms with Crippen molar-refractivity contribution < 1.29 is 9.50 Å². The minimum absolute atomic E-state index is 0.138. The zero-order valence-corrected chi connectivity index (χ0v) is 10.0. The molecule has 4 nitrogen and oxygen atoms in total. The smallest absolute Gasteiger partial charge is 0.161 e. The summed E-state index contributed by atoms with van der Waals surface area (Å²) in [6.07, 6.45) is 2.59. The predicted molar refractivity (Wildman–Crippen MR) is 67.9 cm³/mol. The van der Waals surface area contributed by atoms with Crippen LogP contribution in [0.4, 0.5) is 10.2 Å². The molecule has 0 atom stereocenters. The van der Waals surface area contributed by atoms with Gasteiger partial charge in [-0.1, -0.05) is 6.92 Å². The van der Waals surface area contributed by atoms with Crippen molar-refractivity contribution in [2.24, 2.45) is 0 Å². The van der Waals surface area contributed by atoms with E-state index in [4.69, 9.17) is 0 Å². The maximum atomic E-state index is 13.2. The second kappa shape index (κ2) is 5.44. The van der Waals surface area contributed by atoms with Crippen LogP contribution in [0.1, 0.15) is 13.3 Å². The largest absolute Gasteiger partial charge is 0.508 e. The summed E-state index contributed by atoms with van der Waals surface area (Å²) >= 11 is 0. The first-order valence-corrected chi connectivity index (χ1v) is 5.76. The third-order valence-corrected chi connectivity index (χ3v) is 2.35. The Bertz CT molecular complexity index is 525. The summed E-state index contributed by atoms with van der Waals surface area (Å²) in [7, 11) is 0. The summed E-state index contributed by atoms with van der Waals surface area (Å²) in [6.45, 7) is 2.87. The lowest BCUT2D eigenvalue weighted by Crippen LogP contribution is -2.03. The van der Waals surface area contributed by atoms with E-state index in [1.807, 2.05) is 0 Å². The molecular weight excluding hydrogens is 233 g/mol. The van der Waals surface area contributed by atoms with Crippen LogP contribution in [0.25, 0.3) is 11.4 Å². The Morgan fingerprint density at radius 2 is 2.17 bits per heavy atom. The van der Waals surface area contributed by atoms with E-state index in [1.54, 1.807) is 12.3 Å². The van der Waals surface area contributed by atoms with Crippen LogP contribution in [0, 0.1) is 5.82 Å². The SMILES string of the molecule is CCCNc1ccnc(-c2cc(O)cc(F)c2)n1. The average Bonchev–Trinajstić information content (AvgIpc) is 2.35. The highest BCUT2D eigenvalue weighted by atomic mass is 19.1. The molecule has 0 saturated heterocycles. The number of hydrogen-bond donors (Lipinski definition) is 2. The van der Waals surface area contributed by atoms with Crippen LogP contribution in [-0.4, -0.2) is 21.6 Å². The van der Waals surface area contributed by atoms with Crippen molar-refractivity contribution in [3.8, 4) is 17.1 Å². The van der Waals surface area contributed by atoms with Crippen LogP contribution in [0.3, 0.4) is 0 Å². The molecule has 94 valence electrons. The molecule has 0 aliphatic carbocycles. The highest BCUT2D eigenvalue weighted by Crippen LogP contribution is 2.22. The number of aromatic nitrogens is 2. The third-order valence-electron chi connectivity index (χ3n) is 2.35. The minimum Gasteiger partial charge on any atom is -0.508 e. The van der Waals surface area contributed by atoms with Crippen LogP contribution in [0.5, 0.6) is 5.75 Å². The van der Waals surface area contributed by atoms with E-state index >= 15 is 0 Å². The van der Waals surface area contributed by atoms with Crippen LogP contribution >= 0.6 is 0 Å². The minimum atomic E-state index is -0.513. The Balaban J connectivity index is 2.32. The topological polar surface area (TPSA) is 58.0 Å². The van der Waals surface area contributed by atoms with E-state index in [9.17, 15) is 9.50 Å². The number of benzene rings is 1. The van der Waals surface area contributed by atoms with Gasteiger partial charge in [0.25, 0.3) is 0 Å². The van der Waals surface area contributed by atoms with Gasteiger partial charge in [-0.25, -0.2) is 14.4 Å². The van der Waals surface area contributed by atoms with Crippen molar-refractivity contribution in [1.29, 1.82) is 0 Å². The lowest BCUT2D eigenvalue weighted by molar-refractivity contribution is 0.469. The van der Waals surface area contributed by atoms with Gasteiger partial charge < -0.3 is 10.4 Å². The van der Waals surface area contributed by atoms with Crippen molar-refractivity contribution in [3.63, 3.8) is 0 Å². The first-order valence-electron chi connectivity index (χ1n) is 5.76. The van der Waals surface area contributed by atoms with Gasteiger partial charge in [0.05, 0.1) is 0 Å². The number of rotatable bonds is 4. The number of nitrogens with one attached hydrogen (secondary N) is 1. The molecule has 0 fully saturated rings. The predicted octanol–water partition coefficient (Wildman–Crippen LogP) is 2.81. The fourth-order valence-electron chi connectivity index (χ4n) is 1.55. The van der Waals surface area contributed by atoms with Gasteiger partial charge in [-0.05, 0) is 24.6 Å². The fraction of sp³-hybridized carbons (Fsp3) is 0.231. The van der Waals surface area contributed by atoms with Gasteiger partial charge in [0, 0.05) is 24.4 Å². The number of halogens is 1. The molecule has 2 aromatic rings. The number of nitrogens with zero attached hydrogens (tertiary/aromatic N) is 2. The number of hydrogen-bond acceptors (Lipinski definition) is 4. The zero-order valence-electron chi connectivity index (χ0n) is 10.0. The highest BCUT2D eigenvalue weighted by Gasteiger charge is 2.06. The summed E-state index contributed by atoms with van der Waals surface area (Å²) in [5.74, 6) is 0.414. The second-order valence-electron chi connectivity index (χ2n) is 3.89. The Labute approximate surface area is 105 Å². The quantitative estimate of drug-likeness (QED) is 0.872. The van der Waals surface area contributed by atoms with Crippen LogP contribution in [-0.2, 0) is 0 Å². The molecule has 2 rings (SSSR count). The van der Waals surface area contributed by atoms with Gasteiger partial charge in [0.1, 0.15) is 17.4 Å². The number of anilines is 1. The van der Waals surface area contributed by atoms with Gasteiger partial charge in [-0.3, -0.25) is 0 Å². The van der Waals surface area contributed by atoms with Crippen molar-refractivity contribution in [2.45, 2.75) is 13.3 Å². The molecule has 0 saturated carbocycles. The van der Waals surface area contributed by atoms with Crippen LogP contribution < -0.4 is 5.32 Å². The van der Waals surface area contributed by atoms with Gasteiger partial charge >= 0.3 is 0 Å². The van der Waals surface area contributed by atoms with Crippen LogP contribution in [0.2, 0.25) is 0 Å². The Kier molecular flexibility index (Phi) is 3.72. The van der Waals surface area contributed by atoms with E-state index in [1.165, 1.54) is 12.1 Å². The monoisotopic (exact) mass is 247 g/mol. The van der Waals surface area contributed by atoms with Crippen LogP contribution in [0.15, 0.2) is 30.5 Å². The normalized spacial score (nSPS) is 10.3. The summed E-state index contributed by atoms with van der Waals surface area (Å²) in [5.41, 5.74) is 0.452. The van der Waals surface area contributed by atoms with Gasteiger partial charge in [-0.2, -0.15) is 0 Å². The standard InChI is InChI=1S/C13H14FN3O/c1-2-4-15-12-3-5-16-13(17-12)9-6-10(14)8-11(18)7-9/h3,5-8,18H,2,4H2,1H3,(H,15,16,17). The second-order valence-corrected chi connectivity index (χ2v) is 3.89. The van der Waals surface area contributed by atoms with Gasteiger partial charge in [0.15, 0.2) is 5.82 Å². The lowest BCUT2D eigenvalue weighted by Gasteiger charge is -2.06. The zero-order chi connectivity index (χ0) is 13.0. The Morgan fingerprint density at radius 3 is 2.89 bits per heavy atom. The molecule has 0 radical (unpaired) electrons. The van der Waals surface area contributed by atoms with Gasteiger partial charge in [0.2, 0.25) is 0 Å².